The summed E-state index contributed by atoms with van der Waals surface area (Å²) in [5.74, 6) is 3.25. The van der Waals surface area contributed by atoms with Gasteiger partial charge in [-0.2, -0.15) is 0 Å². The van der Waals surface area contributed by atoms with Gasteiger partial charge in [-0.1, -0.05) is 26.3 Å². The maximum absolute atomic E-state index is 10.8. The van der Waals surface area contributed by atoms with Gasteiger partial charge >= 0.3 is 0 Å². The smallest absolute Gasteiger partial charge is 0.145 e. The minimum absolute atomic E-state index is 0.255. The van der Waals surface area contributed by atoms with Crippen LogP contribution in [-0.2, 0) is 16.0 Å². The van der Waals surface area contributed by atoms with E-state index < -0.39 is 0 Å². The molecule has 3 nitrogen and oxygen atoms in total. The molecule has 0 radical (unpaired) electrons. The van der Waals surface area contributed by atoms with Crippen molar-refractivity contribution in [1.82, 2.24) is 0 Å². The predicted molar refractivity (Wildman–Crippen MR) is 107 cm³/mol. The van der Waals surface area contributed by atoms with Gasteiger partial charge in [-0.05, 0) is 91.4 Å². The summed E-state index contributed by atoms with van der Waals surface area (Å²) in [6, 6.07) is 6.85. The molecular weight excluding hydrogens is 336 g/mol. The molecule has 3 aliphatic carbocycles. The molecule has 4 rings (SSSR count). The van der Waals surface area contributed by atoms with Gasteiger partial charge in [-0.25, -0.2) is 0 Å². The van der Waals surface area contributed by atoms with Crippen molar-refractivity contribution in [3.05, 3.63) is 29.3 Å². The fourth-order valence-corrected chi connectivity index (χ4v) is 6.36. The third kappa shape index (κ3) is 3.44. The summed E-state index contributed by atoms with van der Waals surface area (Å²) in [6.45, 7) is 5.70. The SMILES string of the molecule is CCCCOc1ccc2c(c1)CCC1C2CC[C@@]2(C)C1CC[C@@H]2OCC=O. The summed E-state index contributed by atoms with van der Waals surface area (Å²) in [5.41, 5.74) is 3.35. The van der Waals surface area contributed by atoms with Crippen LogP contribution in [0.3, 0.4) is 0 Å². The van der Waals surface area contributed by atoms with E-state index in [1.54, 1.807) is 5.56 Å². The third-order valence-electron chi connectivity index (χ3n) is 7.74. The molecular formula is C24H34O3. The Kier molecular flexibility index (Phi) is 5.59. The number of carbonyl (C=O) groups excluding carboxylic acids is 1. The summed E-state index contributed by atoms with van der Waals surface area (Å²) >= 11 is 0. The molecule has 0 bridgehead atoms. The first kappa shape index (κ1) is 19.0. The lowest BCUT2D eigenvalue weighted by atomic mass is 9.55. The highest BCUT2D eigenvalue weighted by atomic mass is 16.5. The average Bonchev–Trinajstić information content (AvgIpc) is 3.02. The number of hydrogen-bond acceptors (Lipinski definition) is 3. The predicted octanol–water partition coefficient (Wildman–Crippen LogP) is 5.31. The quantitative estimate of drug-likeness (QED) is 0.482. The van der Waals surface area contributed by atoms with E-state index in [1.807, 2.05) is 0 Å². The van der Waals surface area contributed by atoms with E-state index >= 15 is 0 Å². The van der Waals surface area contributed by atoms with Gasteiger partial charge in [0.25, 0.3) is 0 Å². The Morgan fingerprint density at radius 1 is 1.22 bits per heavy atom. The fourth-order valence-electron chi connectivity index (χ4n) is 6.36. The maximum Gasteiger partial charge on any atom is 0.145 e. The van der Waals surface area contributed by atoms with E-state index in [2.05, 4.69) is 32.0 Å². The van der Waals surface area contributed by atoms with Crippen molar-refractivity contribution >= 4 is 6.29 Å². The number of benzene rings is 1. The largest absolute Gasteiger partial charge is 0.494 e. The molecule has 2 fully saturated rings. The number of aryl methyl sites for hydroxylation is 1. The molecule has 5 atom stereocenters. The molecule has 0 aromatic heterocycles. The van der Waals surface area contributed by atoms with Crippen LogP contribution in [0.1, 0.15) is 75.8 Å². The van der Waals surface area contributed by atoms with Crippen molar-refractivity contribution in [3.8, 4) is 5.75 Å². The minimum Gasteiger partial charge on any atom is -0.494 e. The van der Waals surface area contributed by atoms with E-state index in [0.29, 0.717) is 5.92 Å². The van der Waals surface area contributed by atoms with Crippen LogP contribution >= 0.6 is 0 Å². The zero-order valence-corrected chi connectivity index (χ0v) is 16.9. The molecule has 0 heterocycles. The van der Waals surface area contributed by atoms with Crippen LogP contribution in [0.25, 0.3) is 0 Å². The van der Waals surface area contributed by atoms with E-state index in [9.17, 15) is 4.79 Å². The fraction of sp³-hybridized carbons (Fsp3) is 0.708. The highest BCUT2D eigenvalue weighted by Gasteiger charge is 2.55. The lowest BCUT2D eigenvalue weighted by molar-refractivity contribution is -0.118. The Bertz CT molecular complexity index is 670. The van der Waals surface area contributed by atoms with Crippen molar-refractivity contribution in [2.75, 3.05) is 13.2 Å². The number of unbranched alkanes of at least 4 members (excludes halogenated alkanes) is 1. The summed E-state index contributed by atoms with van der Waals surface area (Å²) in [7, 11) is 0. The lowest BCUT2D eigenvalue weighted by Gasteiger charge is -2.50. The second kappa shape index (κ2) is 7.95. The zero-order valence-electron chi connectivity index (χ0n) is 16.9. The van der Waals surface area contributed by atoms with Gasteiger partial charge in [-0.15, -0.1) is 0 Å². The number of aldehydes is 1. The average molecular weight is 371 g/mol. The number of ether oxygens (including phenoxy) is 2. The van der Waals surface area contributed by atoms with Crippen LogP contribution in [0.15, 0.2) is 18.2 Å². The molecule has 3 unspecified atom stereocenters. The van der Waals surface area contributed by atoms with Crippen LogP contribution in [0.2, 0.25) is 0 Å². The van der Waals surface area contributed by atoms with Crippen molar-refractivity contribution < 1.29 is 14.3 Å². The molecule has 0 aliphatic heterocycles. The second-order valence-electron chi connectivity index (χ2n) is 9.09. The second-order valence-corrected chi connectivity index (χ2v) is 9.09. The Morgan fingerprint density at radius 2 is 2.11 bits per heavy atom. The first-order valence-electron chi connectivity index (χ1n) is 11.0. The van der Waals surface area contributed by atoms with E-state index in [1.165, 1.54) is 44.1 Å². The number of hydrogen-bond donors (Lipinski definition) is 0. The van der Waals surface area contributed by atoms with Crippen molar-refractivity contribution in [2.45, 2.75) is 77.2 Å². The Morgan fingerprint density at radius 3 is 2.93 bits per heavy atom. The molecule has 2 saturated carbocycles. The molecule has 0 saturated heterocycles. The van der Waals surface area contributed by atoms with Crippen LogP contribution in [-0.4, -0.2) is 25.6 Å². The standard InChI is InChI=1S/C24H34O3/c1-3-4-14-26-18-6-8-19-17(16-18)5-7-21-20(19)11-12-24(2)22(21)9-10-23(24)27-15-13-25/h6,8,13,16,20-23H,3-5,7,9-12,14-15H2,1-2H3/t20?,21?,22?,23-,24-/m0/s1. The normalized spacial score (nSPS) is 34.4. The Labute approximate surface area is 163 Å². The molecule has 1 aromatic rings. The van der Waals surface area contributed by atoms with E-state index in [0.717, 1.165) is 43.3 Å². The van der Waals surface area contributed by atoms with Crippen LogP contribution < -0.4 is 4.74 Å². The first-order chi connectivity index (χ1) is 13.2. The molecule has 0 amide bonds. The summed E-state index contributed by atoms with van der Waals surface area (Å²) < 4.78 is 11.9. The number of fused-ring (bicyclic) bond motifs is 5. The van der Waals surface area contributed by atoms with Gasteiger partial charge < -0.3 is 14.3 Å². The molecule has 0 N–H and O–H groups in total. The van der Waals surface area contributed by atoms with E-state index in [-0.39, 0.29) is 18.1 Å². The van der Waals surface area contributed by atoms with Crippen molar-refractivity contribution in [3.63, 3.8) is 0 Å². The zero-order chi connectivity index (χ0) is 18.9. The molecule has 3 aliphatic rings. The van der Waals surface area contributed by atoms with Gasteiger partial charge in [0.05, 0.1) is 12.7 Å². The third-order valence-corrected chi connectivity index (χ3v) is 7.74. The monoisotopic (exact) mass is 370 g/mol. The molecule has 148 valence electrons. The molecule has 1 aromatic carbocycles. The lowest BCUT2D eigenvalue weighted by Crippen LogP contribution is -2.44. The van der Waals surface area contributed by atoms with Gasteiger partial charge in [0.15, 0.2) is 0 Å². The van der Waals surface area contributed by atoms with Gasteiger partial charge in [-0.3, -0.25) is 0 Å². The molecule has 0 spiro atoms. The van der Waals surface area contributed by atoms with Crippen LogP contribution in [0, 0.1) is 17.3 Å². The van der Waals surface area contributed by atoms with E-state index in [4.69, 9.17) is 9.47 Å². The van der Waals surface area contributed by atoms with Crippen LogP contribution in [0.5, 0.6) is 5.75 Å². The van der Waals surface area contributed by atoms with Gasteiger partial charge in [0, 0.05) is 0 Å². The van der Waals surface area contributed by atoms with Crippen molar-refractivity contribution in [1.29, 1.82) is 0 Å². The maximum atomic E-state index is 10.8. The van der Waals surface area contributed by atoms with Gasteiger partial charge in [0.2, 0.25) is 0 Å². The molecule has 27 heavy (non-hydrogen) atoms. The number of carbonyl (C=O) groups is 1. The summed E-state index contributed by atoms with van der Waals surface area (Å²) in [6.07, 6.45) is 10.8. The van der Waals surface area contributed by atoms with Gasteiger partial charge in [0.1, 0.15) is 18.6 Å². The Hall–Kier alpha value is -1.35. The number of rotatable bonds is 7. The summed E-state index contributed by atoms with van der Waals surface area (Å²) in [5, 5.41) is 0. The summed E-state index contributed by atoms with van der Waals surface area (Å²) in [4.78, 5) is 10.8. The van der Waals surface area contributed by atoms with Crippen molar-refractivity contribution in [2.24, 2.45) is 17.3 Å². The highest BCUT2D eigenvalue weighted by Crippen LogP contribution is 2.61. The van der Waals surface area contributed by atoms with Crippen LogP contribution in [0.4, 0.5) is 0 Å². The topological polar surface area (TPSA) is 35.5 Å². The first-order valence-corrected chi connectivity index (χ1v) is 11.0. The molecule has 3 heteroatoms. The highest BCUT2D eigenvalue weighted by molar-refractivity contribution is 5.50. The Balaban J connectivity index is 1.50. The minimum atomic E-state index is 0.255.